The molecule has 1 aromatic rings. The van der Waals surface area contributed by atoms with E-state index >= 15 is 0 Å². The van der Waals surface area contributed by atoms with Crippen LogP contribution < -0.4 is 10.6 Å². The number of carbonyl (C=O) groups is 1. The van der Waals surface area contributed by atoms with E-state index in [1.807, 2.05) is 23.1 Å². The number of nitrogens with zero attached hydrogens (tertiary/aromatic N) is 2. The number of hydrogen-bond acceptors (Lipinski definition) is 3. The number of para-hydroxylation sites is 1. The van der Waals surface area contributed by atoms with Gasteiger partial charge in [0.2, 0.25) is 0 Å². The standard InChI is InChI=1S/C20H29N3O/c1-14(2)13-23-17-12-8-7-11-16(17)18(22-19(21)20(23)24)15-9-5-3-4-6-10-15/h7-8,11-12,14-15,19H,3-6,9-10,13,21H2,1-2H3/t19-/m1/s1. The van der Waals surface area contributed by atoms with Crippen LogP contribution in [0.15, 0.2) is 29.3 Å². The van der Waals surface area contributed by atoms with E-state index in [4.69, 9.17) is 10.7 Å². The largest absolute Gasteiger partial charge is 0.308 e. The van der Waals surface area contributed by atoms with E-state index in [0.717, 1.165) is 29.8 Å². The van der Waals surface area contributed by atoms with Crippen molar-refractivity contribution >= 4 is 17.3 Å². The fraction of sp³-hybridized carbons (Fsp3) is 0.600. The van der Waals surface area contributed by atoms with Crippen LogP contribution in [0.5, 0.6) is 0 Å². The lowest BCUT2D eigenvalue weighted by Gasteiger charge is -2.26. The Balaban J connectivity index is 2.04. The Hall–Kier alpha value is -1.68. The molecule has 1 aliphatic carbocycles. The van der Waals surface area contributed by atoms with E-state index in [0.29, 0.717) is 18.4 Å². The van der Waals surface area contributed by atoms with Crippen LogP contribution in [0, 0.1) is 11.8 Å². The van der Waals surface area contributed by atoms with Crippen LogP contribution in [0.4, 0.5) is 5.69 Å². The summed E-state index contributed by atoms with van der Waals surface area (Å²) in [6.07, 6.45) is 6.60. The summed E-state index contributed by atoms with van der Waals surface area (Å²) in [5.41, 5.74) is 9.32. The molecule has 0 saturated heterocycles. The monoisotopic (exact) mass is 327 g/mol. The van der Waals surface area contributed by atoms with Crippen molar-refractivity contribution in [2.75, 3.05) is 11.4 Å². The summed E-state index contributed by atoms with van der Waals surface area (Å²) in [5.74, 6) is 0.722. The molecule has 0 aromatic heterocycles. The van der Waals surface area contributed by atoms with Crippen LogP contribution in [-0.4, -0.2) is 24.3 Å². The summed E-state index contributed by atoms with van der Waals surface area (Å²) in [5, 5.41) is 0. The highest BCUT2D eigenvalue weighted by molar-refractivity contribution is 6.13. The fourth-order valence-electron chi connectivity index (χ4n) is 3.91. The van der Waals surface area contributed by atoms with Gasteiger partial charge >= 0.3 is 0 Å². The molecule has 1 fully saturated rings. The Kier molecular flexibility index (Phi) is 5.34. The molecule has 1 aromatic carbocycles. The quantitative estimate of drug-likeness (QED) is 0.860. The van der Waals surface area contributed by atoms with Gasteiger partial charge in [-0.25, -0.2) is 0 Å². The molecule has 1 amide bonds. The Morgan fingerprint density at radius 3 is 2.50 bits per heavy atom. The predicted molar refractivity (Wildman–Crippen MR) is 99.3 cm³/mol. The molecule has 0 unspecified atom stereocenters. The van der Waals surface area contributed by atoms with Gasteiger partial charge in [0.15, 0.2) is 6.17 Å². The molecule has 1 saturated carbocycles. The van der Waals surface area contributed by atoms with Gasteiger partial charge in [-0.3, -0.25) is 9.79 Å². The Morgan fingerprint density at radius 1 is 1.17 bits per heavy atom. The molecule has 0 spiro atoms. The molecule has 0 bridgehead atoms. The number of benzene rings is 1. The van der Waals surface area contributed by atoms with Crippen LogP contribution >= 0.6 is 0 Å². The molecule has 0 radical (unpaired) electrons. The van der Waals surface area contributed by atoms with Crippen LogP contribution in [0.25, 0.3) is 0 Å². The number of carbonyl (C=O) groups excluding carboxylic acids is 1. The minimum Gasteiger partial charge on any atom is -0.308 e. The van der Waals surface area contributed by atoms with Crippen LogP contribution in [0.2, 0.25) is 0 Å². The predicted octanol–water partition coefficient (Wildman–Crippen LogP) is 3.73. The van der Waals surface area contributed by atoms with Crippen molar-refractivity contribution in [1.29, 1.82) is 0 Å². The summed E-state index contributed by atoms with van der Waals surface area (Å²) in [7, 11) is 0. The highest BCUT2D eigenvalue weighted by atomic mass is 16.2. The number of nitrogens with two attached hydrogens (primary N) is 1. The van der Waals surface area contributed by atoms with Gasteiger partial charge in [-0.1, -0.05) is 57.7 Å². The van der Waals surface area contributed by atoms with E-state index in [9.17, 15) is 4.79 Å². The maximum absolute atomic E-state index is 12.8. The first kappa shape index (κ1) is 17.2. The van der Waals surface area contributed by atoms with Gasteiger partial charge in [-0.15, -0.1) is 0 Å². The van der Waals surface area contributed by atoms with Gasteiger partial charge in [0.05, 0.1) is 5.69 Å². The molecule has 1 atom stereocenters. The molecule has 2 N–H and O–H groups in total. The molecular weight excluding hydrogens is 298 g/mol. The summed E-state index contributed by atoms with van der Waals surface area (Å²) in [6, 6.07) is 8.19. The number of anilines is 1. The van der Waals surface area contributed by atoms with E-state index in [1.165, 1.54) is 25.7 Å². The van der Waals surface area contributed by atoms with Crippen LogP contribution in [0.1, 0.15) is 57.9 Å². The lowest BCUT2D eigenvalue weighted by molar-refractivity contribution is -0.119. The van der Waals surface area contributed by atoms with E-state index in [1.54, 1.807) is 0 Å². The zero-order valence-corrected chi connectivity index (χ0v) is 14.9. The third-order valence-electron chi connectivity index (χ3n) is 5.06. The van der Waals surface area contributed by atoms with Gasteiger partial charge in [-0.05, 0) is 24.8 Å². The lowest BCUT2D eigenvalue weighted by Crippen LogP contribution is -2.44. The second-order valence-electron chi connectivity index (χ2n) is 7.51. The van der Waals surface area contributed by atoms with Crippen molar-refractivity contribution in [2.45, 2.75) is 58.5 Å². The molecule has 3 rings (SSSR count). The first-order chi connectivity index (χ1) is 11.6. The zero-order valence-electron chi connectivity index (χ0n) is 14.9. The summed E-state index contributed by atoms with van der Waals surface area (Å²) < 4.78 is 0. The van der Waals surface area contributed by atoms with Crippen LogP contribution in [0.3, 0.4) is 0 Å². The average Bonchev–Trinajstić information content (AvgIpc) is 2.89. The molecular formula is C20H29N3O. The maximum Gasteiger partial charge on any atom is 0.266 e. The minimum atomic E-state index is -0.783. The average molecular weight is 327 g/mol. The van der Waals surface area contributed by atoms with Crippen molar-refractivity contribution < 1.29 is 4.79 Å². The number of amides is 1. The normalized spacial score (nSPS) is 22.8. The first-order valence-corrected chi connectivity index (χ1v) is 9.32. The van der Waals surface area contributed by atoms with Gasteiger partial charge in [0.25, 0.3) is 5.91 Å². The van der Waals surface area contributed by atoms with Gasteiger partial charge in [0, 0.05) is 23.7 Å². The molecule has 4 heteroatoms. The van der Waals surface area contributed by atoms with Crippen molar-refractivity contribution in [1.82, 2.24) is 0 Å². The smallest absolute Gasteiger partial charge is 0.266 e. The lowest BCUT2D eigenvalue weighted by atomic mass is 9.89. The maximum atomic E-state index is 12.8. The minimum absolute atomic E-state index is 0.0835. The van der Waals surface area contributed by atoms with Gasteiger partial charge in [0.1, 0.15) is 0 Å². The summed E-state index contributed by atoms with van der Waals surface area (Å²) >= 11 is 0. The molecule has 1 heterocycles. The van der Waals surface area contributed by atoms with Crippen LogP contribution in [-0.2, 0) is 4.79 Å². The van der Waals surface area contributed by atoms with Crippen molar-refractivity contribution in [3.05, 3.63) is 29.8 Å². The SMILES string of the molecule is CC(C)CN1C(=O)[C@H](N)N=C(C2CCCCCC2)c2ccccc21. The number of hydrogen-bond donors (Lipinski definition) is 1. The highest BCUT2D eigenvalue weighted by Crippen LogP contribution is 2.33. The second kappa shape index (κ2) is 7.47. The molecule has 2 aliphatic rings. The Bertz CT molecular complexity index is 615. The van der Waals surface area contributed by atoms with E-state index in [2.05, 4.69) is 19.9 Å². The highest BCUT2D eigenvalue weighted by Gasteiger charge is 2.32. The fourth-order valence-corrected chi connectivity index (χ4v) is 3.91. The van der Waals surface area contributed by atoms with Gasteiger partial charge in [-0.2, -0.15) is 0 Å². The molecule has 1 aliphatic heterocycles. The van der Waals surface area contributed by atoms with E-state index < -0.39 is 6.17 Å². The number of aliphatic imine (C=N–C) groups is 1. The molecule has 130 valence electrons. The van der Waals surface area contributed by atoms with E-state index in [-0.39, 0.29) is 5.91 Å². The van der Waals surface area contributed by atoms with Crippen molar-refractivity contribution in [3.8, 4) is 0 Å². The van der Waals surface area contributed by atoms with Crippen molar-refractivity contribution in [2.24, 2.45) is 22.6 Å². The molecule has 24 heavy (non-hydrogen) atoms. The third-order valence-corrected chi connectivity index (χ3v) is 5.06. The third kappa shape index (κ3) is 3.54. The topological polar surface area (TPSA) is 58.7 Å². The molecule has 4 nitrogen and oxygen atoms in total. The number of fused-ring (bicyclic) bond motifs is 1. The first-order valence-electron chi connectivity index (χ1n) is 9.32. The summed E-state index contributed by atoms with van der Waals surface area (Å²) in [6.45, 7) is 4.93. The van der Waals surface area contributed by atoms with Crippen molar-refractivity contribution in [3.63, 3.8) is 0 Å². The summed E-state index contributed by atoms with van der Waals surface area (Å²) in [4.78, 5) is 19.4. The zero-order chi connectivity index (χ0) is 17.1. The Labute approximate surface area is 145 Å². The number of rotatable bonds is 3. The Morgan fingerprint density at radius 2 is 1.83 bits per heavy atom. The number of benzodiazepines with no additional fused rings is 1. The second-order valence-corrected chi connectivity index (χ2v) is 7.51. The van der Waals surface area contributed by atoms with Gasteiger partial charge < -0.3 is 10.6 Å².